The van der Waals surface area contributed by atoms with Crippen molar-refractivity contribution in [1.29, 1.82) is 0 Å². The Morgan fingerprint density at radius 3 is 2.52 bits per heavy atom. The van der Waals surface area contributed by atoms with E-state index in [1.165, 1.54) is 0 Å². The van der Waals surface area contributed by atoms with Gasteiger partial charge in [0.2, 0.25) is 5.91 Å². The van der Waals surface area contributed by atoms with Gasteiger partial charge >= 0.3 is 0 Å². The molecule has 2 aliphatic heterocycles. The second-order valence-corrected chi connectivity index (χ2v) is 8.79. The molecule has 0 aliphatic carbocycles. The molecule has 4 rings (SSSR count). The van der Waals surface area contributed by atoms with Gasteiger partial charge in [-0.25, -0.2) is 0 Å². The highest BCUT2D eigenvalue weighted by molar-refractivity contribution is 6.09. The zero-order valence-electron chi connectivity index (χ0n) is 19.2. The fourth-order valence-corrected chi connectivity index (χ4v) is 4.60. The van der Waals surface area contributed by atoms with Crippen LogP contribution in [0.4, 0.5) is 11.4 Å². The van der Waals surface area contributed by atoms with E-state index in [4.69, 9.17) is 0 Å². The number of likely N-dealkylation sites (tertiary alicyclic amines) is 1. The molecule has 7 nitrogen and oxygen atoms in total. The first-order valence-corrected chi connectivity index (χ1v) is 11.9. The number of rotatable bonds is 7. The predicted octanol–water partition coefficient (Wildman–Crippen LogP) is 3.67. The Kier molecular flexibility index (Phi) is 7.40. The molecule has 7 heteroatoms. The summed E-state index contributed by atoms with van der Waals surface area (Å²) in [6.45, 7) is 5.94. The van der Waals surface area contributed by atoms with E-state index in [0.29, 0.717) is 29.8 Å². The van der Waals surface area contributed by atoms with Crippen LogP contribution in [-0.4, -0.2) is 54.8 Å². The Hall–Kier alpha value is -3.19. The molecule has 0 spiro atoms. The number of piperidine rings is 1. The van der Waals surface area contributed by atoms with Crippen LogP contribution in [0.2, 0.25) is 0 Å². The molecular weight excluding hydrogens is 416 g/mol. The molecule has 0 saturated carbocycles. The first-order chi connectivity index (χ1) is 16.0. The summed E-state index contributed by atoms with van der Waals surface area (Å²) in [7, 11) is 0. The van der Waals surface area contributed by atoms with E-state index >= 15 is 0 Å². The molecule has 0 aromatic heterocycles. The van der Waals surface area contributed by atoms with Crippen LogP contribution in [0.15, 0.2) is 48.5 Å². The van der Waals surface area contributed by atoms with Gasteiger partial charge in [0.05, 0.1) is 11.3 Å². The third-order valence-corrected chi connectivity index (χ3v) is 6.38. The van der Waals surface area contributed by atoms with Gasteiger partial charge < -0.3 is 20.4 Å². The van der Waals surface area contributed by atoms with Crippen LogP contribution in [-0.2, 0) is 4.79 Å². The van der Waals surface area contributed by atoms with Crippen LogP contribution < -0.4 is 15.5 Å². The van der Waals surface area contributed by atoms with Crippen molar-refractivity contribution in [2.24, 2.45) is 0 Å². The third kappa shape index (κ3) is 5.60. The normalized spacial score (nSPS) is 17.2. The molecule has 0 radical (unpaired) electrons. The van der Waals surface area contributed by atoms with Gasteiger partial charge in [-0.15, -0.1) is 0 Å². The van der Waals surface area contributed by atoms with Crippen molar-refractivity contribution < 1.29 is 14.4 Å². The number of carbonyl (C=O) groups excluding carboxylic acids is 3. The largest absolute Gasteiger partial charge is 0.349 e. The number of hydrogen-bond acceptors (Lipinski definition) is 4. The maximum Gasteiger partial charge on any atom is 0.255 e. The van der Waals surface area contributed by atoms with Gasteiger partial charge in [-0.2, -0.15) is 0 Å². The minimum atomic E-state index is -0.309. The maximum absolute atomic E-state index is 13.0. The molecule has 2 saturated heterocycles. The van der Waals surface area contributed by atoms with Crippen LogP contribution in [0.5, 0.6) is 0 Å². The first kappa shape index (κ1) is 23.0. The lowest BCUT2D eigenvalue weighted by atomic mass is 10.0. The highest BCUT2D eigenvalue weighted by atomic mass is 16.2. The Bertz CT molecular complexity index is 1010. The number of amides is 3. The minimum absolute atomic E-state index is 0.0788. The Morgan fingerprint density at radius 2 is 1.79 bits per heavy atom. The molecule has 2 aromatic carbocycles. The fraction of sp³-hybridized carbons (Fsp3) is 0.423. The summed E-state index contributed by atoms with van der Waals surface area (Å²) >= 11 is 0. The van der Waals surface area contributed by atoms with Crippen molar-refractivity contribution in [1.82, 2.24) is 10.2 Å². The third-order valence-electron chi connectivity index (χ3n) is 6.38. The van der Waals surface area contributed by atoms with E-state index in [1.807, 2.05) is 6.07 Å². The molecule has 0 bridgehead atoms. The molecule has 2 aliphatic rings. The number of hydrogen-bond donors (Lipinski definition) is 2. The second-order valence-electron chi connectivity index (χ2n) is 8.79. The smallest absolute Gasteiger partial charge is 0.255 e. The van der Waals surface area contributed by atoms with Crippen LogP contribution in [0, 0.1) is 0 Å². The van der Waals surface area contributed by atoms with Crippen LogP contribution in [0.1, 0.15) is 59.7 Å². The molecule has 3 amide bonds. The Labute approximate surface area is 195 Å². The second kappa shape index (κ2) is 10.6. The van der Waals surface area contributed by atoms with Crippen LogP contribution >= 0.6 is 0 Å². The van der Waals surface area contributed by atoms with Gasteiger partial charge in [-0.3, -0.25) is 14.4 Å². The van der Waals surface area contributed by atoms with Crippen molar-refractivity contribution in [3.05, 3.63) is 59.7 Å². The minimum Gasteiger partial charge on any atom is -0.349 e. The van der Waals surface area contributed by atoms with E-state index in [1.54, 1.807) is 47.4 Å². The highest BCUT2D eigenvalue weighted by Crippen LogP contribution is 2.23. The fourth-order valence-electron chi connectivity index (χ4n) is 4.60. The molecular formula is C26H32N4O3. The molecule has 33 heavy (non-hydrogen) atoms. The molecule has 2 aromatic rings. The van der Waals surface area contributed by atoms with E-state index in [0.717, 1.165) is 51.0 Å². The van der Waals surface area contributed by atoms with Crippen molar-refractivity contribution in [3.63, 3.8) is 0 Å². The summed E-state index contributed by atoms with van der Waals surface area (Å²) in [6, 6.07) is 14.3. The number of para-hydroxylation sites is 1. The zero-order valence-corrected chi connectivity index (χ0v) is 19.2. The highest BCUT2D eigenvalue weighted by Gasteiger charge is 2.24. The van der Waals surface area contributed by atoms with Crippen molar-refractivity contribution >= 4 is 29.1 Å². The van der Waals surface area contributed by atoms with Gasteiger partial charge in [0.1, 0.15) is 0 Å². The summed E-state index contributed by atoms with van der Waals surface area (Å²) < 4.78 is 0. The first-order valence-electron chi connectivity index (χ1n) is 11.9. The number of benzene rings is 2. The molecule has 2 fully saturated rings. The van der Waals surface area contributed by atoms with Gasteiger partial charge in [-0.1, -0.05) is 25.1 Å². The average Bonchev–Trinajstić information content (AvgIpc) is 3.27. The monoisotopic (exact) mass is 448 g/mol. The van der Waals surface area contributed by atoms with Crippen molar-refractivity contribution in [3.8, 4) is 0 Å². The summed E-state index contributed by atoms with van der Waals surface area (Å²) in [4.78, 5) is 42.2. The zero-order chi connectivity index (χ0) is 23.2. The molecule has 174 valence electrons. The summed E-state index contributed by atoms with van der Waals surface area (Å²) in [5.41, 5.74) is 2.11. The van der Waals surface area contributed by atoms with Crippen molar-refractivity contribution in [2.45, 2.75) is 45.1 Å². The van der Waals surface area contributed by atoms with Crippen LogP contribution in [0.25, 0.3) is 0 Å². The summed E-state index contributed by atoms with van der Waals surface area (Å²) in [6.07, 6.45) is 4.37. The number of carbonyl (C=O) groups is 3. The molecule has 0 unspecified atom stereocenters. The van der Waals surface area contributed by atoms with E-state index in [-0.39, 0.29) is 23.8 Å². The quantitative estimate of drug-likeness (QED) is 0.677. The average molecular weight is 449 g/mol. The lowest BCUT2D eigenvalue weighted by Crippen LogP contribution is -2.44. The van der Waals surface area contributed by atoms with E-state index in [9.17, 15) is 14.4 Å². The summed E-state index contributed by atoms with van der Waals surface area (Å²) in [5, 5.41) is 6.03. The van der Waals surface area contributed by atoms with Crippen molar-refractivity contribution in [2.75, 3.05) is 36.4 Å². The standard InChI is InChI=1S/C26H32N4O3/c1-2-14-29-16-12-20(13-17-29)27-26(33)22-9-3-4-10-23(22)28-25(32)19-7-5-8-21(18-19)30-15-6-11-24(30)31/h3-5,7-10,18,20H,2,6,11-17H2,1H3,(H,27,33)(H,28,32). The topological polar surface area (TPSA) is 81.8 Å². The number of nitrogens with zero attached hydrogens (tertiary/aromatic N) is 2. The van der Waals surface area contributed by atoms with Gasteiger partial charge in [0.25, 0.3) is 11.8 Å². The SMILES string of the molecule is CCCN1CCC(NC(=O)c2ccccc2NC(=O)c2cccc(N3CCCC3=O)c2)CC1. The number of anilines is 2. The summed E-state index contributed by atoms with van der Waals surface area (Å²) in [5.74, 6) is -0.400. The predicted molar refractivity (Wildman–Crippen MR) is 130 cm³/mol. The van der Waals surface area contributed by atoms with Crippen LogP contribution in [0.3, 0.4) is 0 Å². The van der Waals surface area contributed by atoms with E-state index < -0.39 is 0 Å². The molecule has 2 heterocycles. The Balaban J connectivity index is 1.42. The van der Waals surface area contributed by atoms with Gasteiger partial charge in [-0.05, 0) is 62.6 Å². The lowest BCUT2D eigenvalue weighted by molar-refractivity contribution is -0.117. The maximum atomic E-state index is 13.0. The Morgan fingerprint density at radius 1 is 1.00 bits per heavy atom. The van der Waals surface area contributed by atoms with Gasteiger partial charge in [0, 0.05) is 43.3 Å². The molecule has 0 atom stereocenters. The lowest BCUT2D eigenvalue weighted by Gasteiger charge is -2.32. The van der Waals surface area contributed by atoms with Gasteiger partial charge in [0.15, 0.2) is 0 Å². The number of nitrogens with one attached hydrogen (secondary N) is 2. The molecule has 2 N–H and O–H groups in total. The van der Waals surface area contributed by atoms with E-state index in [2.05, 4.69) is 22.5 Å².